The molecular formula is C31H46F2O2. The van der Waals surface area contributed by atoms with Gasteiger partial charge < -0.3 is 9.47 Å². The lowest BCUT2D eigenvalue weighted by Crippen LogP contribution is -2.28. The van der Waals surface area contributed by atoms with Gasteiger partial charge in [-0.25, -0.2) is 4.39 Å². The van der Waals surface area contributed by atoms with Crippen LogP contribution in [0.25, 0.3) is 0 Å². The first kappa shape index (κ1) is 26.6. The summed E-state index contributed by atoms with van der Waals surface area (Å²) < 4.78 is 40.8. The summed E-state index contributed by atoms with van der Waals surface area (Å²) >= 11 is 0. The molecule has 2 unspecified atom stereocenters. The van der Waals surface area contributed by atoms with Crippen molar-refractivity contribution in [1.29, 1.82) is 0 Å². The van der Waals surface area contributed by atoms with Gasteiger partial charge in [-0.05, 0) is 106 Å². The van der Waals surface area contributed by atoms with Gasteiger partial charge in [0.25, 0.3) is 0 Å². The van der Waals surface area contributed by atoms with Crippen molar-refractivity contribution in [2.24, 2.45) is 23.7 Å². The Morgan fingerprint density at radius 3 is 2.26 bits per heavy atom. The zero-order valence-electron chi connectivity index (χ0n) is 21.8. The smallest absolute Gasteiger partial charge is 0.200 e. The van der Waals surface area contributed by atoms with Crippen molar-refractivity contribution in [3.63, 3.8) is 0 Å². The second-order valence-corrected chi connectivity index (χ2v) is 11.5. The number of halogens is 2. The minimum atomic E-state index is -0.856. The summed E-state index contributed by atoms with van der Waals surface area (Å²) in [7, 11) is 0. The highest BCUT2D eigenvalue weighted by Gasteiger charge is 2.31. The Bertz CT molecular complexity index is 785. The van der Waals surface area contributed by atoms with Gasteiger partial charge >= 0.3 is 0 Å². The maximum Gasteiger partial charge on any atom is 0.200 e. The predicted molar refractivity (Wildman–Crippen MR) is 139 cm³/mol. The lowest BCUT2D eigenvalue weighted by atomic mass is 9.68. The van der Waals surface area contributed by atoms with Crippen molar-refractivity contribution in [3.8, 4) is 5.75 Å². The van der Waals surface area contributed by atoms with Crippen LogP contribution in [0.15, 0.2) is 24.8 Å². The first-order valence-electron chi connectivity index (χ1n) is 14.4. The molecule has 1 heterocycles. The molecule has 2 aliphatic carbocycles. The molecule has 2 saturated carbocycles. The highest BCUT2D eigenvalue weighted by atomic mass is 19.2. The summed E-state index contributed by atoms with van der Waals surface area (Å²) in [6, 6.07) is 3.27. The molecule has 4 rings (SSSR count). The summed E-state index contributed by atoms with van der Waals surface area (Å²) in [4.78, 5) is 0. The third-order valence-corrected chi connectivity index (χ3v) is 9.25. The molecule has 1 aromatic rings. The largest absolute Gasteiger partial charge is 0.490 e. The molecule has 0 N–H and O–H groups in total. The first-order valence-corrected chi connectivity index (χ1v) is 14.4. The van der Waals surface area contributed by atoms with E-state index in [2.05, 4.69) is 12.7 Å². The molecule has 3 aliphatic rings. The van der Waals surface area contributed by atoms with Gasteiger partial charge in [-0.1, -0.05) is 38.3 Å². The third kappa shape index (κ3) is 7.08. The van der Waals surface area contributed by atoms with Crippen LogP contribution in [0.2, 0.25) is 0 Å². The van der Waals surface area contributed by atoms with Crippen LogP contribution in [0, 0.1) is 35.3 Å². The molecule has 1 aromatic carbocycles. The summed E-state index contributed by atoms with van der Waals surface area (Å²) in [5, 5.41) is 0. The van der Waals surface area contributed by atoms with Gasteiger partial charge in [-0.3, -0.25) is 0 Å². The van der Waals surface area contributed by atoms with Crippen LogP contribution in [-0.4, -0.2) is 19.3 Å². The van der Waals surface area contributed by atoms with Gasteiger partial charge in [0, 0.05) is 5.92 Å². The highest BCUT2D eigenvalue weighted by molar-refractivity contribution is 5.33. The van der Waals surface area contributed by atoms with E-state index in [-0.39, 0.29) is 17.8 Å². The van der Waals surface area contributed by atoms with Gasteiger partial charge in [0.05, 0.1) is 19.3 Å². The zero-order valence-corrected chi connectivity index (χ0v) is 21.8. The van der Waals surface area contributed by atoms with Crippen LogP contribution in [0.4, 0.5) is 8.78 Å². The van der Waals surface area contributed by atoms with E-state index >= 15 is 0 Å². The summed E-state index contributed by atoms with van der Waals surface area (Å²) in [6.07, 6.45) is 19.4. The maximum absolute atomic E-state index is 14.7. The quantitative estimate of drug-likeness (QED) is 0.242. The highest BCUT2D eigenvalue weighted by Crippen LogP contribution is 2.43. The average molecular weight is 489 g/mol. The molecule has 0 spiro atoms. The van der Waals surface area contributed by atoms with E-state index in [1.54, 1.807) is 12.1 Å². The minimum absolute atomic E-state index is 0.0217. The summed E-state index contributed by atoms with van der Waals surface area (Å²) in [5.74, 6) is 1.83. The summed E-state index contributed by atoms with van der Waals surface area (Å²) in [6.45, 7) is 6.93. The fourth-order valence-corrected chi connectivity index (χ4v) is 6.80. The van der Waals surface area contributed by atoms with Gasteiger partial charge in [-0.2, -0.15) is 4.39 Å². The van der Waals surface area contributed by atoms with Gasteiger partial charge in [0.1, 0.15) is 0 Å². The molecule has 4 heteroatoms. The van der Waals surface area contributed by atoms with E-state index in [4.69, 9.17) is 9.47 Å². The Kier molecular flexibility index (Phi) is 10.1. The molecule has 0 aromatic heterocycles. The van der Waals surface area contributed by atoms with E-state index in [1.165, 1.54) is 57.8 Å². The number of unbranched alkanes of at least 4 members (excludes halogenated alkanes) is 1. The van der Waals surface area contributed by atoms with Crippen molar-refractivity contribution in [2.45, 2.75) is 109 Å². The number of rotatable bonds is 10. The van der Waals surface area contributed by atoms with Gasteiger partial charge in [-0.15, -0.1) is 6.58 Å². The Hall–Kier alpha value is -1.42. The van der Waals surface area contributed by atoms with Crippen molar-refractivity contribution in [3.05, 3.63) is 42.0 Å². The average Bonchev–Trinajstić information content (AvgIpc) is 2.91. The Labute approximate surface area is 211 Å². The second kappa shape index (κ2) is 13.2. The van der Waals surface area contributed by atoms with Crippen LogP contribution >= 0.6 is 0 Å². The minimum Gasteiger partial charge on any atom is -0.490 e. The summed E-state index contributed by atoms with van der Waals surface area (Å²) in [5.41, 5.74) is 0.434. The topological polar surface area (TPSA) is 18.5 Å². The van der Waals surface area contributed by atoms with E-state index < -0.39 is 11.6 Å². The number of hydrogen-bond acceptors (Lipinski definition) is 2. The SMILES string of the molecule is C=CC1CCC(C2CCC(CCC3CCC(c4ccc(OCCCC)c(F)c4F)CO3)CC2)CC1. The van der Waals surface area contributed by atoms with Crippen LogP contribution in [-0.2, 0) is 4.74 Å². The Morgan fingerprint density at radius 2 is 1.63 bits per heavy atom. The molecule has 35 heavy (non-hydrogen) atoms. The third-order valence-electron chi connectivity index (χ3n) is 9.25. The molecule has 1 saturated heterocycles. The van der Waals surface area contributed by atoms with Crippen molar-refractivity contribution < 1.29 is 18.3 Å². The lowest BCUT2D eigenvalue weighted by Gasteiger charge is -2.38. The van der Waals surface area contributed by atoms with Crippen molar-refractivity contribution >= 4 is 0 Å². The molecule has 196 valence electrons. The van der Waals surface area contributed by atoms with E-state index in [1.807, 2.05) is 6.92 Å². The molecule has 2 nitrogen and oxygen atoms in total. The molecule has 0 radical (unpaired) electrons. The first-order chi connectivity index (χ1) is 17.1. The Morgan fingerprint density at radius 1 is 0.914 bits per heavy atom. The fourth-order valence-electron chi connectivity index (χ4n) is 6.80. The number of ether oxygens (including phenoxy) is 2. The Balaban J connectivity index is 1.16. The van der Waals surface area contributed by atoms with Crippen molar-refractivity contribution in [1.82, 2.24) is 0 Å². The molecule has 0 amide bonds. The van der Waals surface area contributed by atoms with Crippen molar-refractivity contribution in [2.75, 3.05) is 13.2 Å². The maximum atomic E-state index is 14.7. The van der Waals surface area contributed by atoms with Crippen LogP contribution in [0.1, 0.15) is 108 Å². The molecule has 2 atom stereocenters. The van der Waals surface area contributed by atoms with Gasteiger partial charge in [0.15, 0.2) is 11.6 Å². The zero-order chi connectivity index (χ0) is 24.6. The fraction of sp³-hybridized carbons (Fsp3) is 0.742. The van der Waals surface area contributed by atoms with E-state index in [0.29, 0.717) is 18.8 Å². The number of benzene rings is 1. The molecule has 0 bridgehead atoms. The van der Waals surface area contributed by atoms with Gasteiger partial charge in [0.2, 0.25) is 5.82 Å². The molecular weight excluding hydrogens is 442 g/mol. The predicted octanol–water partition coefficient (Wildman–Crippen LogP) is 8.99. The number of allylic oxidation sites excluding steroid dienone is 1. The second-order valence-electron chi connectivity index (χ2n) is 11.5. The number of hydrogen-bond donors (Lipinski definition) is 0. The van der Waals surface area contributed by atoms with Crippen LogP contribution < -0.4 is 4.74 Å². The van der Waals surface area contributed by atoms with E-state index in [0.717, 1.165) is 55.8 Å². The monoisotopic (exact) mass is 488 g/mol. The molecule has 3 fully saturated rings. The standard InChI is InChI=1S/C31H46F2O2/c1-3-5-20-34-29-19-18-28(30(32)31(29)33)26-15-17-27(35-21-26)16-10-23-8-13-25(14-9-23)24-11-6-22(4-2)7-12-24/h4,18-19,22-27H,2-3,5-17,20-21H2,1H3. The van der Waals surface area contributed by atoms with Crippen LogP contribution in [0.5, 0.6) is 5.75 Å². The van der Waals surface area contributed by atoms with Crippen LogP contribution in [0.3, 0.4) is 0 Å². The normalized spacial score (nSPS) is 31.7. The molecule has 1 aliphatic heterocycles. The van der Waals surface area contributed by atoms with E-state index in [9.17, 15) is 8.78 Å². The lowest BCUT2D eigenvalue weighted by molar-refractivity contribution is -0.00635.